The second kappa shape index (κ2) is 5.37. The van der Waals surface area contributed by atoms with Crippen LogP contribution in [0.25, 0.3) is 0 Å². The van der Waals surface area contributed by atoms with Gasteiger partial charge in [0, 0.05) is 18.9 Å². The van der Waals surface area contributed by atoms with E-state index in [0.29, 0.717) is 5.56 Å². The number of hydrogen-bond acceptors (Lipinski definition) is 2. The van der Waals surface area contributed by atoms with E-state index in [2.05, 4.69) is 10.3 Å². The topological polar surface area (TPSA) is 42.0 Å². The lowest BCUT2D eigenvalue weighted by Gasteiger charge is -2.03. The Labute approximate surface area is 84.6 Å². The smallest absolute Gasteiger partial charge is 0.252 e. The summed E-state index contributed by atoms with van der Waals surface area (Å²) < 4.78 is 0. The molecular weight excluding hydrogens is 176 g/mol. The van der Waals surface area contributed by atoms with Gasteiger partial charge in [0.05, 0.1) is 5.56 Å². The Kier molecular flexibility index (Phi) is 4.11. The summed E-state index contributed by atoms with van der Waals surface area (Å²) >= 11 is 0. The molecule has 0 aromatic carbocycles. The maximum atomic E-state index is 11.5. The zero-order valence-electron chi connectivity index (χ0n) is 8.71. The van der Waals surface area contributed by atoms with Gasteiger partial charge in [0.25, 0.3) is 5.91 Å². The van der Waals surface area contributed by atoms with Crippen molar-refractivity contribution in [3.63, 3.8) is 0 Å². The molecule has 0 aliphatic rings. The number of amides is 1. The number of carbonyl (C=O) groups excluding carboxylic acids is 1. The minimum Gasteiger partial charge on any atom is -0.352 e. The van der Waals surface area contributed by atoms with Crippen LogP contribution in [-0.4, -0.2) is 17.4 Å². The van der Waals surface area contributed by atoms with Crippen molar-refractivity contribution in [2.75, 3.05) is 6.54 Å². The average molecular weight is 192 g/mol. The second-order valence-corrected chi connectivity index (χ2v) is 3.19. The molecule has 0 atom stereocenters. The summed E-state index contributed by atoms with van der Waals surface area (Å²) in [5.74, 6) is -0.0327. The van der Waals surface area contributed by atoms with Gasteiger partial charge in [-0.15, -0.1) is 0 Å². The van der Waals surface area contributed by atoms with E-state index < -0.39 is 0 Å². The normalized spacial score (nSPS) is 9.86. The van der Waals surface area contributed by atoms with Gasteiger partial charge in [0.2, 0.25) is 0 Å². The molecule has 1 aromatic heterocycles. The van der Waals surface area contributed by atoms with Gasteiger partial charge in [-0.3, -0.25) is 9.78 Å². The highest BCUT2D eigenvalue weighted by molar-refractivity contribution is 5.93. The van der Waals surface area contributed by atoms with E-state index in [1.165, 1.54) is 0 Å². The molecule has 3 heteroatoms. The molecule has 0 aliphatic heterocycles. The van der Waals surface area contributed by atoms with E-state index in [9.17, 15) is 4.79 Å². The highest BCUT2D eigenvalue weighted by Gasteiger charge is 2.04. The molecule has 14 heavy (non-hydrogen) atoms. The lowest BCUT2D eigenvalue weighted by Crippen LogP contribution is -2.24. The number of aromatic nitrogens is 1. The molecule has 0 bridgehead atoms. The summed E-state index contributed by atoms with van der Waals surface area (Å²) in [5.41, 5.74) is 1.74. The van der Waals surface area contributed by atoms with Gasteiger partial charge in [0.15, 0.2) is 0 Å². The molecule has 1 heterocycles. The van der Waals surface area contributed by atoms with E-state index in [-0.39, 0.29) is 5.91 Å². The minimum absolute atomic E-state index is 0.0327. The van der Waals surface area contributed by atoms with Crippen LogP contribution in [-0.2, 0) is 6.42 Å². The lowest BCUT2D eigenvalue weighted by molar-refractivity contribution is 0.0953. The van der Waals surface area contributed by atoms with Crippen molar-refractivity contribution in [2.45, 2.75) is 26.7 Å². The summed E-state index contributed by atoms with van der Waals surface area (Å²) in [5, 5.41) is 2.82. The van der Waals surface area contributed by atoms with Crippen molar-refractivity contribution in [3.8, 4) is 0 Å². The predicted octanol–water partition coefficient (Wildman–Crippen LogP) is 1.78. The number of rotatable bonds is 4. The Bertz CT molecular complexity index is 310. The molecule has 76 valence electrons. The largest absolute Gasteiger partial charge is 0.352 e. The molecule has 0 spiro atoms. The van der Waals surface area contributed by atoms with E-state index in [4.69, 9.17) is 0 Å². The fourth-order valence-electron chi connectivity index (χ4n) is 1.15. The molecule has 1 amide bonds. The predicted molar refractivity (Wildman–Crippen MR) is 56.2 cm³/mol. The number of aryl methyl sites for hydroxylation is 1. The molecule has 0 unspecified atom stereocenters. The number of nitrogens with one attached hydrogen (secondary N) is 1. The van der Waals surface area contributed by atoms with E-state index >= 15 is 0 Å². The van der Waals surface area contributed by atoms with E-state index in [1.807, 2.05) is 19.9 Å². The van der Waals surface area contributed by atoms with Crippen LogP contribution in [0.5, 0.6) is 0 Å². The zero-order chi connectivity index (χ0) is 10.4. The molecule has 0 saturated carbocycles. The van der Waals surface area contributed by atoms with Crippen LogP contribution < -0.4 is 5.32 Å². The van der Waals surface area contributed by atoms with Crippen LogP contribution in [0.4, 0.5) is 0 Å². The third-order valence-corrected chi connectivity index (χ3v) is 2.00. The summed E-state index contributed by atoms with van der Waals surface area (Å²) in [4.78, 5) is 15.5. The van der Waals surface area contributed by atoms with Gasteiger partial charge in [-0.25, -0.2) is 0 Å². The van der Waals surface area contributed by atoms with Crippen molar-refractivity contribution in [1.29, 1.82) is 0 Å². The Hall–Kier alpha value is -1.38. The van der Waals surface area contributed by atoms with Crippen LogP contribution in [0.3, 0.4) is 0 Å². The standard InChI is InChI=1S/C11H16N2O/c1-3-5-13-11(14)10-6-9(4-2)7-12-8-10/h6-8H,3-5H2,1-2H3,(H,13,14). The molecule has 0 aliphatic carbocycles. The lowest BCUT2D eigenvalue weighted by atomic mass is 10.1. The molecule has 1 N–H and O–H groups in total. The fraction of sp³-hybridized carbons (Fsp3) is 0.455. The summed E-state index contributed by atoms with van der Waals surface area (Å²) in [6.07, 6.45) is 5.25. The molecule has 0 fully saturated rings. The maximum absolute atomic E-state index is 11.5. The third kappa shape index (κ3) is 2.83. The van der Waals surface area contributed by atoms with Crippen LogP contribution in [0, 0.1) is 0 Å². The first-order chi connectivity index (χ1) is 6.77. The van der Waals surface area contributed by atoms with Gasteiger partial charge in [0.1, 0.15) is 0 Å². The van der Waals surface area contributed by atoms with Crippen LogP contribution >= 0.6 is 0 Å². The third-order valence-electron chi connectivity index (χ3n) is 2.00. The number of pyridine rings is 1. The summed E-state index contributed by atoms with van der Waals surface area (Å²) in [6.45, 7) is 4.79. The van der Waals surface area contributed by atoms with E-state index in [1.54, 1.807) is 12.4 Å². The minimum atomic E-state index is -0.0327. The van der Waals surface area contributed by atoms with Crippen molar-refractivity contribution < 1.29 is 4.79 Å². The molecule has 0 radical (unpaired) electrons. The number of carbonyl (C=O) groups is 1. The molecule has 1 aromatic rings. The van der Waals surface area contributed by atoms with Gasteiger partial charge < -0.3 is 5.32 Å². The highest BCUT2D eigenvalue weighted by Crippen LogP contribution is 2.03. The van der Waals surface area contributed by atoms with Crippen molar-refractivity contribution >= 4 is 5.91 Å². The van der Waals surface area contributed by atoms with Gasteiger partial charge in [-0.05, 0) is 24.5 Å². The van der Waals surface area contributed by atoms with Gasteiger partial charge >= 0.3 is 0 Å². The fourth-order valence-corrected chi connectivity index (χ4v) is 1.15. The Morgan fingerprint density at radius 3 is 2.86 bits per heavy atom. The van der Waals surface area contributed by atoms with Gasteiger partial charge in [-0.1, -0.05) is 13.8 Å². The first-order valence-electron chi connectivity index (χ1n) is 5.00. The molecule has 1 rings (SSSR count). The molecule has 0 saturated heterocycles. The molecular formula is C11H16N2O. The zero-order valence-corrected chi connectivity index (χ0v) is 8.71. The van der Waals surface area contributed by atoms with Crippen LogP contribution in [0.1, 0.15) is 36.2 Å². The SMILES string of the molecule is CCCNC(=O)c1cncc(CC)c1. The monoisotopic (exact) mass is 192 g/mol. The number of nitrogens with zero attached hydrogens (tertiary/aromatic N) is 1. The summed E-state index contributed by atoms with van der Waals surface area (Å²) in [7, 11) is 0. The second-order valence-electron chi connectivity index (χ2n) is 3.19. The van der Waals surface area contributed by atoms with Crippen LogP contribution in [0.2, 0.25) is 0 Å². The molecule has 3 nitrogen and oxygen atoms in total. The van der Waals surface area contributed by atoms with E-state index in [0.717, 1.165) is 24.9 Å². The van der Waals surface area contributed by atoms with Crippen molar-refractivity contribution in [2.24, 2.45) is 0 Å². The number of hydrogen-bond donors (Lipinski definition) is 1. The quantitative estimate of drug-likeness (QED) is 0.790. The van der Waals surface area contributed by atoms with Gasteiger partial charge in [-0.2, -0.15) is 0 Å². The Morgan fingerprint density at radius 2 is 2.21 bits per heavy atom. The summed E-state index contributed by atoms with van der Waals surface area (Å²) in [6, 6.07) is 1.89. The average Bonchev–Trinajstić information content (AvgIpc) is 2.26. The first-order valence-corrected chi connectivity index (χ1v) is 5.00. The highest BCUT2D eigenvalue weighted by atomic mass is 16.1. The Morgan fingerprint density at radius 1 is 1.43 bits per heavy atom. The van der Waals surface area contributed by atoms with Crippen LogP contribution in [0.15, 0.2) is 18.5 Å². The van der Waals surface area contributed by atoms with Crippen molar-refractivity contribution in [1.82, 2.24) is 10.3 Å². The first kappa shape index (κ1) is 10.7. The maximum Gasteiger partial charge on any atom is 0.252 e. The Balaban J connectivity index is 2.69. The van der Waals surface area contributed by atoms with Crippen molar-refractivity contribution in [3.05, 3.63) is 29.6 Å².